The molecule has 4 amide bonds. The molecule has 0 unspecified atom stereocenters. The van der Waals surface area contributed by atoms with Crippen LogP contribution in [0.25, 0.3) is 0 Å². The normalized spacial score (nSPS) is 9.61. The Balaban J connectivity index is 0.000000280. The minimum absolute atomic E-state index is 0. The van der Waals surface area contributed by atoms with Gasteiger partial charge in [-0.15, -0.1) is 11.6 Å². The van der Waals surface area contributed by atoms with Gasteiger partial charge in [0.15, 0.2) is 37.9 Å². The first-order valence-corrected chi connectivity index (χ1v) is 23.2. The fourth-order valence-electron chi connectivity index (χ4n) is 6.47. The van der Waals surface area contributed by atoms with Crippen molar-refractivity contribution in [2.24, 2.45) is 0 Å². The number of aromatic nitrogens is 6. The maximum Gasteiger partial charge on any atom is 0.274 e. The van der Waals surface area contributed by atoms with Crippen LogP contribution in [-0.2, 0) is 19.0 Å². The van der Waals surface area contributed by atoms with Gasteiger partial charge < -0.3 is 21.3 Å². The van der Waals surface area contributed by atoms with E-state index in [1.54, 1.807) is 91.5 Å². The van der Waals surface area contributed by atoms with E-state index in [1.807, 2.05) is 125 Å². The summed E-state index contributed by atoms with van der Waals surface area (Å²) in [7, 11) is 0. The summed E-state index contributed by atoms with van der Waals surface area (Å²) in [6, 6.07) is 55.5. The highest BCUT2D eigenvalue weighted by Crippen LogP contribution is 2.12. The van der Waals surface area contributed by atoms with Gasteiger partial charge in [0.1, 0.15) is 22.8 Å². The number of nitriles is 1. The summed E-state index contributed by atoms with van der Waals surface area (Å²) in [4.78, 5) is 66.2. The predicted molar refractivity (Wildman–Crippen MR) is 294 cm³/mol. The van der Waals surface area contributed by atoms with Crippen LogP contribution in [0.4, 0.5) is 22.7 Å². The van der Waals surface area contributed by atoms with Crippen LogP contribution in [-0.4, -0.2) is 43.6 Å². The SMILES string of the molecule is C.C.CC#N.ClCc1ccccc1.O=C(Nc1cc[n+](Cc2ccccc2)cc1)c1cccc(C(=O)Nc2cc[n+](Cc3ccccc3)cc2)n1.O=C(Nc1ccncc1)c1cccc(C(=O)Nc2ccncc2)n1. The number of rotatable bonds is 13. The third-order valence-corrected chi connectivity index (χ3v) is 10.3. The number of halogens is 1. The van der Waals surface area contributed by atoms with Gasteiger partial charge in [-0.3, -0.25) is 29.1 Å². The van der Waals surface area contributed by atoms with Gasteiger partial charge in [-0.05, 0) is 54.1 Å². The summed E-state index contributed by atoms with van der Waals surface area (Å²) in [5, 5.41) is 18.4. The molecule has 4 N–H and O–H groups in total. The predicted octanol–water partition coefficient (Wildman–Crippen LogP) is 10.9. The first-order chi connectivity index (χ1) is 35.7. The van der Waals surface area contributed by atoms with Crippen molar-refractivity contribution in [3.8, 4) is 6.07 Å². The number of anilines is 4. The Kier molecular flexibility index (Phi) is 24.3. The van der Waals surface area contributed by atoms with E-state index >= 15 is 0 Å². The maximum absolute atomic E-state index is 12.8. The molecule has 3 aromatic carbocycles. The molecule has 6 aromatic heterocycles. The van der Waals surface area contributed by atoms with E-state index in [9.17, 15) is 19.2 Å². The molecule has 0 spiro atoms. The van der Waals surface area contributed by atoms with E-state index < -0.39 is 11.8 Å². The molecule has 378 valence electrons. The summed E-state index contributed by atoms with van der Waals surface area (Å²) in [6.45, 7) is 2.91. The Morgan fingerprint density at radius 3 is 0.960 bits per heavy atom. The van der Waals surface area contributed by atoms with E-state index in [4.69, 9.17) is 16.9 Å². The molecule has 0 aliphatic carbocycles. The van der Waals surface area contributed by atoms with Crippen molar-refractivity contribution in [2.45, 2.75) is 40.7 Å². The van der Waals surface area contributed by atoms with Gasteiger partial charge in [-0.2, -0.15) is 5.26 Å². The summed E-state index contributed by atoms with van der Waals surface area (Å²) < 4.78 is 4.06. The third kappa shape index (κ3) is 19.7. The van der Waals surface area contributed by atoms with Crippen molar-refractivity contribution in [3.05, 3.63) is 265 Å². The minimum Gasteiger partial charge on any atom is -0.321 e. The highest BCUT2D eigenvalue weighted by Gasteiger charge is 2.16. The lowest BCUT2D eigenvalue weighted by atomic mass is 10.2. The van der Waals surface area contributed by atoms with Crippen LogP contribution < -0.4 is 30.4 Å². The van der Waals surface area contributed by atoms with Crippen molar-refractivity contribution >= 4 is 58.0 Å². The largest absolute Gasteiger partial charge is 0.321 e. The molecule has 6 heterocycles. The fraction of sp³-hybridized carbons (Fsp3) is 0.102. The molecule has 75 heavy (non-hydrogen) atoms. The van der Waals surface area contributed by atoms with Crippen molar-refractivity contribution < 1.29 is 28.3 Å². The summed E-state index contributed by atoms with van der Waals surface area (Å²) in [6.07, 6.45) is 13.9. The van der Waals surface area contributed by atoms with Gasteiger partial charge in [0.25, 0.3) is 23.6 Å². The molecule has 0 bridgehead atoms. The second-order valence-corrected chi connectivity index (χ2v) is 15.7. The van der Waals surface area contributed by atoms with Crippen molar-refractivity contribution in [3.63, 3.8) is 0 Å². The van der Waals surface area contributed by atoms with Crippen LogP contribution in [0.15, 0.2) is 225 Å². The molecule has 9 aromatic rings. The molecular weight excluding hydrogens is 962 g/mol. The lowest BCUT2D eigenvalue weighted by Crippen LogP contribution is -2.33. The van der Waals surface area contributed by atoms with E-state index in [2.05, 4.69) is 65.5 Å². The van der Waals surface area contributed by atoms with Crippen LogP contribution in [0.5, 0.6) is 0 Å². The molecule has 16 heteroatoms. The van der Waals surface area contributed by atoms with Gasteiger partial charge in [0.05, 0.1) is 17.4 Å². The average Bonchev–Trinajstić information content (AvgIpc) is 3.44. The van der Waals surface area contributed by atoms with Gasteiger partial charge in [-0.1, -0.05) is 118 Å². The van der Waals surface area contributed by atoms with E-state index in [-0.39, 0.29) is 49.4 Å². The second-order valence-electron chi connectivity index (χ2n) is 15.4. The standard InChI is InChI=1S/C31H25N5O2.C17H13N5O2.C7H7Cl.C2H3N.2CH4/c37-30(32-26-14-18-35(19-15-26)22-24-8-3-1-4-9-24)28-12-7-13-29(34-28)31(38)33-27-16-20-36(21-17-27)23-25-10-5-2-6-11-25;23-16(20-12-4-8-18-9-5-12)14-2-1-3-15(22-14)17(24)21-13-6-10-19-11-7-13;8-6-7-4-2-1-3-5-7;1-2-3;;/h1-21H,22-23H2;1-11H,(H,18,20,23)(H,19,21,24);1-5H,6H2;1H3;2*1H4/p+2. The Bertz CT molecular complexity index is 3010. The average molecular weight is 1020 g/mol. The highest BCUT2D eigenvalue weighted by atomic mass is 35.5. The number of carbonyl (C=O) groups is 4. The first kappa shape index (κ1) is 57.8. The minimum atomic E-state index is -0.403. The molecule has 0 radical (unpaired) electrons. The Morgan fingerprint density at radius 2 is 0.693 bits per heavy atom. The quantitative estimate of drug-likeness (QED) is 0.0641. The number of nitrogens with one attached hydrogen (secondary N) is 4. The van der Waals surface area contributed by atoms with Crippen molar-refractivity contribution in [1.82, 2.24) is 19.9 Å². The zero-order valence-corrected chi connectivity index (χ0v) is 40.4. The third-order valence-electron chi connectivity index (χ3n) is 10.0. The van der Waals surface area contributed by atoms with Crippen LogP contribution in [0.2, 0.25) is 0 Å². The number of pyridine rings is 6. The number of nitrogens with zero attached hydrogens (tertiary/aromatic N) is 7. The monoisotopic (exact) mass is 1020 g/mol. The molecule has 0 saturated carbocycles. The molecule has 9 rings (SSSR count). The number of amides is 4. The summed E-state index contributed by atoms with van der Waals surface area (Å²) in [5.74, 6) is -0.968. The molecule has 0 fully saturated rings. The number of benzene rings is 3. The fourth-order valence-corrected chi connectivity index (χ4v) is 6.65. The molecule has 0 aliphatic rings. The maximum atomic E-state index is 12.8. The van der Waals surface area contributed by atoms with Gasteiger partial charge in [0, 0.05) is 84.4 Å². The molecule has 0 aliphatic heterocycles. The molecule has 0 saturated heterocycles. The van der Waals surface area contributed by atoms with Crippen LogP contribution in [0.3, 0.4) is 0 Å². The van der Waals surface area contributed by atoms with Crippen LogP contribution >= 0.6 is 11.6 Å². The van der Waals surface area contributed by atoms with Crippen LogP contribution in [0.1, 0.15) is 80.4 Å². The number of hydrogen-bond acceptors (Lipinski definition) is 9. The molecule has 0 atom stereocenters. The Morgan fingerprint density at radius 1 is 0.427 bits per heavy atom. The highest BCUT2D eigenvalue weighted by molar-refractivity contribution is 6.17. The lowest BCUT2D eigenvalue weighted by Gasteiger charge is -2.07. The smallest absolute Gasteiger partial charge is 0.274 e. The Hall–Kier alpha value is -9.78. The molecule has 15 nitrogen and oxygen atoms in total. The number of hydrogen-bond donors (Lipinski definition) is 4. The van der Waals surface area contributed by atoms with Crippen molar-refractivity contribution in [1.29, 1.82) is 5.26 Å². The molecular formula is C59H58ClN11O4+2. The van der Waals surface area contributed by atoms with E-state index in [0.717, 1.165) is 13.1 Å². The van der Waals surface area contributed by atoms with Crippen molar-refractivity contribution in [2.75, 3.05) is 21.3 Å². The number of alkyl halides is 1. The zero-order valence-electron chi connectivity index (χ0n) is 39.6. The summed E-state index contributed by atoms with van der Waals surface area (Å²) >= 11 is 5.53. The van der Waals surface area contributed by atoms with Gasteiger partial charge in [-0.25, -0.2) is 19.1 Å². The Labute approximate surface area is 442 Å². The lowest BCUT2D eigenvalue weighted by molar-refractivity contribution is -0.688. The van der Waals surface area contributed by atoms with Crippen LogP contribution in [0, 0.1) is 11.3 Å². The second kappa shape index (κ2) is 31.5. The topological polar surface area (TPSA) is 200 Å². The zero-order chi connectivity index (χ0) is 51.5. The van der Waals surface area contributed by atoms with Gasteiger partial charge in [0.2, 0.25) is 0 Å². The van der Waals surface area contributed by atoms with E-state index in [1.165, 1.54) is 23.6 Å². The summed E-state index contributed by atoms with van der Waals surface area (Å²) in [5.41, 5.74) is 6.66. The van der Waals surface area contributed by atoms with Gasteiger partial charge >= 0.3 is 0 Å². The first-order valence-electron chi connectivity index (χ1n) is 22.7. The van der Waals surface area contributed by atoms with E-state index in [0.29, 0.717) is 28.6 Å². The number of carbonyl (C=O) groups excluding carboxylic acids is 4.